The Morgan fingerprint density at radius 1 is 1.06 bits per heavy atom. The highest BCUT2D eigenvalue weighted by molar-refractivity contribution is 7.92. The standard InChI is InChI=1S/C26H37N3O5S/c1-6-8-17-27-26(31)21(4)28(18-22-14-10-9-13-20(22)3)25(30)19-29(35(5,32)33)23-15-11-12-16-24(23)34-7-2/h9-16,21H,6-8,17-19H2,1-5H3,(H,27,31)/t21-/m1/s1. The van der Waals surface area contributed by atoms with E-state index in [4.69, 9.17) is 4.74 Å². The van der Waals surface area contributed by atoms with Gasteiger partial charge in [-0.2, -0.15) is 0 Å². The topological polar surface area (TPSA) is 96.0 Å². The van der Waals surface area contributed by atoms with Gasteiger partial charge >= 0.3 is 0 Å². The highest BCUT2D eigenvalue weighted by Crippen LogP contribution is 2.30. The number of rotatable bonds is 13. The number of sulfonamides is 1. The van der Waals surface area contributed by atoms with Crippen LogP contribution < -0.4 is 14.4 Å². The minimum atomic E-state index is -3.83. The van der Waals surface area contributed by atoms with Crippen molar-refractivity contribution in [2.75, 3.05) is 30.3 Å². The van der Waals surface area contributed by atoms with Crippen molar-refractivity contribution in [3.63, 3.8) is 0 Å². The summed E-state index contributed by atoms with van der Waals surface area (Å²) in [6.45, 7) is 8.01. The van der Waals surface area contributed by atoms with Crippen molar-refractivity contribution in [3.05, 3.63) is 59.7 Å². The Morgan fingerprint density at radius 3 is 2.34 bits per heavy atom. The molecule has 0 unspecified atom stereocenters. The van der Waals surface area contributed by atoms with Gasteiger partial charge in [-0.3, -0.25) is 13.9 Å². The van der Waals surface area contributed by atoms with Crippen LogP contribution in [0.2, 0.25) is 0 Å². The summed E-state index contributed by atoms with van der Waals surface area (Å²) in [6.07, 6.45) is 2.82. The number of carbonyl (C=O) groups is 2. The highest BCUT2D eigenvalue weighted by atomic mass is 32.2. The molecule has 1 N–H and O–H groups in total. The van der Waals surface area contributed by atoms with Gasteiger partial charge in [0.05, 0.1) is 18.6 Å². The minimum Gasteiger partial charge on any atom is -0.492 e. The van der Waals surface area contributed by atoms with Crippen LogP contribution in [0.25, 0.3) is 0 Å². The second kappa shape index (κ2) is 13.1. The molecule has 0 bridgehead atoms. The zero-order valence-electron chi connectivity index (χ0n) is 21.3. The third-order valence-electron chi connectivity index (χ3n) is 5.71. The van der Waals surface area contributed by atoms with E-state index in [0.29, 0.717) is 18.9 Å². The first-order valence-electron chi connectivity index (χ1n) is 11.9. The van der Waals surface area contributed by atoms with Crippen molar-refractivity contribution in [2.45, 2.75) is 53.1 Å². The number of hydrogen-bond acceptors (Lipinski definition) is 5. The van der Waals surface area contributed by atoms with E-state index in [9.17, 15) is 18.0 Å². The maximum absolute atomic E-state index is 13.6. The van der Waals surface area contributed by atoms with Crippen molar-refractivity contribution in [3.8, 4) is 5.75 Å². The first-order valence-corrected chi connectivity index (χ1v) is 13.8. The van der Waals surface area contributed by atoms with Crippen LogP contribution in [0.15, 0.2) is 48.5 Å². The fourth-order valence-electron chi connectivity index (χ4n) is 3.63. The Kier molecular flexibility index (Phi) is 10.6. The second-order valence-electron chi connectivity index (χ2n) is 8.44. The van der Waals surface area contributed by atoms with Crippen LogP contribution in [0.4, 0.5) is 5.69 Å². The maximum atomic E-state index is 13.6. The van der Waals surface area contributed by atoms with Crippen LogP contribution in [0.5, 0.6) is 5.75 Å². The summed E-state index contributed by atoms with van der Waals surface area (Å²) in [4.78, 5) is 27.9. The van der Waals surface area contributed by atoms with Gasteiger partial charge in [0.15, 0.2) is 0 Å². The predicted molar refractivity (Wildman–Crippen MR) is 139 cm³/mol. The van der Waals surface area contributed by atoms with Crippen molar-refractivity contribution in [2.24, 2.45) is 0 Å². The fourth-order valence-corrected chi connectivity index (χ4v) is 4.48. The van der Waals surface area contributed by atoms with Crippen LogP contribution in [0, 0.1) is 6.92 Å². The molecule has 0 aliphatic carbocycles. The molecule has 9 heteroatoms. The lowest BCUT2D eigenvalue weighted by atomic mass is 10.1. The number of benzene rings is 2. The normalized spacial score (nSPS) is 12.0. The van der Waals surface area contributed by atoms with E-state index in [-0.39, 0.29) is 18.1 Å². The monoisotopic (exact) mass is 503 g/mol. The van der Waals surface area contributed by atoms with Crippen molar-refractivity contribution in [1.29, 1.82) is 0 Å². The quantitative estimate of drug-likeness (QED) is 0.422. The van der Waals surface area contributed by atoms with Gasteiger partial charge in [0, 0.05) is 13.1 Å². The van der Waals surface area contributed by atoms with Gasteiger partial charge < -0.3 is 15.0 Å². The van der Waals surface area contributed by atoms with Crippen LogP contribution >= 0.6 is 0 Å². The summed E-state index contributed by atoms with van der Waals surface area (Å²) >= 11 is 0. The highest BCUT2D eigenvalue weighted by Gasteiger charge is 2.31. The van der Waals surface area contributed by atoms with Crippen LogP contribution in [-0.2, 0) is 26.2 Å². The van der Waals surface area contributed by atoms with Gasteiger partial charge in [-0.05, 0) is 50.5 Å². The van der Waals surface area contributed by atoms with Crippen molar-refractivity contribution < 1.29 is 22.7 Å². The molecule has 2 rings (SSSR count). The molecule has 0 saturated heterocycles. The van der Waals surface area contributed by atoms with Gasteiger partial charge in [0.2, 0.25) is 21.8 Å². The number of unbranched alkanes of at least 4 members (excludes halogenated alkanes) is 1. The third-order valence-corrected chi connectivity index (χ3v) is 6.84. The van der Waals surface area contributed by atoms with E-state index in [1.165, 1.54) is 4.90 Å². The molecule has 1 atom stereocenters. The Labute approximate surface area is 209 Å². The van der Waals surface area contributed by atoms with Crippen molar-refractivity contribution >= 4 is 27.5 Å². The largest absolute Gasteiger partial charge is 0.492 e. The molecule has 0 aliphatic heterocycles. The van der Waals surface area contributed by atoms with Crippen LogP contribution in [-0.4, -0.2) is 57.1 Å². The summed E-state index contributed by atoms with van der Waals surface area (Å²) in [6, 6.07) is 13.5. The molecule has 0 fully saturated rings. The summed E-state index contributed by atoms with van der Waals surface area (Å²) in [7, 11) is -3.83. The van der Waals surface area contributed by atoms with Crippen molar-refractivity contribution in [1.82, 2.24) is 10.2 Å². The molecule has 0 heterocycles. The van der Waals surface area contributed by atoms with E-state index >= 15 is 0 Å². The molecule has 0 aliphatic rings. The average Bonchev–Trinajstić information content (AvgIpc) is 2.81. The van der Waals surface area contributed by atoms with Gasteiger partial charge in [-0.15, -0.1) is 0 Å². The molecular formula is C26H37N3O5S. The Hall–Kier alpha value is -3.07. The van der Waals surface area contributed by atoms with E-state index in [0.717, 1.165) is 34.5 Å². The molecular weight excluding hydrogens is 466 g/mol. The van der Waals surface area contributed by atoms with Crippen LogP contribution in [0.3, 0.4) is 0 Å². The number of anilines is 1. The smallest absolute Gasteiger partial charge is 0.244 e. The molecule has 2 aromatic rings. The van der Waals surface area contributed by atoms with E-state index < -0.39 is 28.5 Å². The Morgan fingerprint density at radius 2 is 1.71 bits per heavy atom. The maximum Gasteiger partial charge on any atom is 0.244 e. The summed E-state index contributed by atoms with van der Waals surface area (Å²) in [5.41, 5.74) is 2.14. The lowest BCUT2D eigenvalue weighted by molar-refractivity contribution is -0.139. The van der Waals surface area contributed by atoms with Gasteiger partial charge in [0.25, 0.3) is 0 Å². The first kappa shape index (κ1) is 28.2. The molecule has 0 saturated carbocycles. The third kappa shape index (κ3) is 7.99. The fraction of sp³-hybridized carbons (Fsp3) is 0.462. The number of carbonyl (C=O) groups excluding carboxylic acids is 2. The number of amides is 2. The summed E-state index contributed by atoms with van der Waals surface area (Å²) < 4.78 is 32.2. The lowest BCUT2D eigenvalue weighted by Crippen LogP contribution is -2.51. The number of ether oxygens (including phenoxy) is 1. The molecule has 0 radical (unpaired) electrons. The zero-order valence-corrected chi connectivity index (χ0v) is 22.1. The van der Waals surface area contributed by atoms with Gasteiger partial charge in [-0.1, -0.05) is 49.7 Å². The first-order chi connectivity index (χ1) is 16.6. The number of nitrogens with zero attached hydrogens (tertiary/aromatic N) is 2. The average molecular weight is 504 g/mol. The molecule has 35 heavy (non-hydrogen) atoms. The molecule has 0 aromatic heterocycles. The van der Waals surface area contributed by atoms with Gasteiger partial charge in [0.1, 0.15) is 18.3 Å². The number of para-hydroxylation sites is 2. The van der Waals surface area contributed by atoms with E-state index in [2.05, 4.69) is 5.32 Å². The lowest BCUT2D eigenvalue weighted by Gasteiger charge is -2.32. The SMILES string of the molecule is CCCCNC(=O)[C@@H](C)N(Cc1ccccc1C)C(=O)CN(c1ccccc1OCC)S(C)(=O)=O. The molecule has 192 valence electrons. The predicted octanol–water partition coefficient (Wildman–Crippen LogP) is 3.49. The van der Waals surface area contributed by atoms with Crippen LogP contribution in [0.1, 0.15) is 44.7 Å². The van der Waals surface area contributed by atoms with E-state index in [1.807, 2.05) is 38.1 Å². The molecule has 0 spiro atoms. The number of nitrogens with one attached hydrogen (secondary N) is 1. The molecule has 2 amide bonds. The Bertz CT molecular complexity index is 1100. The number of aryl methyl sites for hydroxylation is 1. The zero-order chi connectivity index (χ0) is 26.0. The van der Waals surface area contributed by atoms with Gasteiger partial charge in [-0.25, -0.2) is 8.42 Å². The Balaban J connectivity index is 2.41. The summed E-state index contributed by atoms with van der Waals surface area (Å²) in [5.74, 6) is -0.395. The van der Waals surface area contributed by atoms with E-state index in [1.54, 1.807) is 38.1 Å². The molecule has 8 nitrogen and oxygen atoms in total. The second-order valence-corrected chi connectivity index (χ2v) is 10.3. The summed E-state index contributed by atoms with van der Waals surface area (Å²) in [5, 5.41) is 2.88. The minimum absolute atomic E-state index is 0.179. The number of hydrogen-bond donors (Lipinski definition) is 1. The molecule has 2 aromatic carbocycles.